The summed E-state index contributed by atoms with van der Waals surface area (Å²) in [6.07, 6.45) is 4.55. The monoisotopic (exact) mass is 346 g/mol. The van der Waals surface area contributed by atoms with E-state index in [-0.39, 0.29) is 0 Å². The highest BCUT2D eigenvalue weighted by atomic mass is 79.9. The van der Waals surface area contributed by atoms with Crippen molar-refractivity contribution in [2.45, 2.75) is 12.8 Å². The Morgan fingerprint density at radius 1 is 1.10 bits per heavy atom. The van der Waals surface area contributed by atoms with Crippen LogP contribution >= 0.6 is 15.9 Å². The van der Waals surface area contributed by atoms with E-state index in [1.165, 1.54) is 19.4 Å². The van der Waals surface area contributed by atoms with Crippen LogP contribution in [-0.4, -0.2) is 47.6 Å². The number of hydrogen-bond acceptors (Lipinski definition) is 4. The van der Waals surface area contributed by atoms with Crippen molar-refractivity contribution in [1.29, 1.82) is 0 Å². The van der Waals surface area contributed by atoms with Crippen molar-refractivity contribution >= 4 is 32.7 Å². The molecule has 2 fully saturated rings. The number of benzene rings is 1. The maximum Gasteiger partial charge on any atom is 0.140 e. The molecule has 1 aromatic carbocycles. The van der Waals surface area contributed by atoms with Crippen molar-refractivity contribution in [3.63, 3.8) is 0 Å². The SMILES string of the molecule is Brc1ccc2ncnc(N3CCN(CC4CC4)CC3)c2c1. The van der Waals surface area contributed by atoms with E-state index in [0.717, 1.165) is 53.3 Å². The minimum absolute atomic E-state index is 0.979. The van der Waals surface area contributed by atoms with Gasteiger partial charge in [0.2, 0.25) is 0 Å². The van der Waals surface area contributed by atoms with E-state index in [2.05, 4.69) is 41.8 Å². The molecule has 0 atom stereocenters. The van der Waals surface area contributed by atoms with Crippen molar-refractivity contribution in [2.24, 2.45) is 5.92 Å². The fourth-order valence-corrected chi connectivity index (χ4v) is 3.44. The van der Waals surface area contributed by atoms with Gasteiger partial charge in [0, 0.05) is 42.6 Å². The van der Waals surface area contributed by atoms with Gasteiger partial charge in [0.1, 0.15) is 12.1 Å². The molecule has 0 amide bonds. The average Bonchev–Trinajstić information content (AvgIpc) is 3.31. The van der Waals surface area contributed by atoms with Crippen LogP contribution in [0.2, 0.25) is 0 Å². The van der Waals surface area contributed by atoms with Crippen LogP contribution in [0.4, 0.5) is 5.82 Å². The Labute approximate surface area is 133 Å². The fourth-order valence-electron chi connectivity index (χ4n) is 3.08. The number of piperazine rings is 1. The normalized spacial score (nSPS) is 20.1. The number of anilines is 1. The van der Waals surface area contributed by atoms with Gasteiger partial charge >= 0.3 is 0 Å². The van der Waals surface area contributed by atoms with Crippen molar-refractivity contribution in [3.8, 4) is 0 Å². The van der Waals surface area contributed by atoms with E-state index in [0.29, 0.717) is 0 Å². The third kappa shape index (κ3) is 2.90. The van der Waals surface area contributed by atoms with Crippen molar-refractivity contribution < 1.29 is 0 Å². The molecular formula is C16H19BrN4. The maximum absolute atomic E-state index is 4.55. The lowest BCUT2D eigenvalue weighted by Gasteiger charge is -2.35. The van der Waals surface area contributed by atoms with Crippen LogP contribution in [0.5, 0.6) is 0 Å². The number of rotatable bonds is 3. The minimum Gasteiger partial charge on any atom is -0.353 e. The maximum atomic E-state index is 4.55. The first-order valence-electron chi connectivity index (χ1n) is 7.67. The number of hydrogen-bond donors (Lipinski definition) is 0. The molecule has 1 aliphatic carbocycles. The van der Waals surface area contributed by atoms with Gasteiger partial charge < -0.3 is 4.90 Å². The molecule has 110 valence electrons. The summed E-state index contributed by atoms with van der Waals surface area (Å²) in [5.74, 6) is 2.06. The van der Waals surface area contributed by atoms with E-state index < -0.39 is 0 Å². The van der Waals surface area contributed by atoms with Crippen LogP contribution in [0.1, 0.15) is 12.8 Å². The molecule has 1 aliphatic heterocycles. The molecule has 4 rings (SSSR count). The largest absolute Gasteiger partial charge is 0.353 e. The average molecular weight is 347 g/mol. The summed E-state index contributed by atoms with van der Waals surface area (Å²) < 4.78 is 1.08. The third-order valence-electron chi connectivity index (χ3n) is 4.46. The van der Waals surface area contributed by atoms with Gasteiger partial charge in [0.15, 0.2) is 0 Å². The summed E-state index contributed by atoms with van der Waals surface area (Å²) >= 11 is 3.55. The second kappa shape index (κ2) is 5.54. The van der Waals surface area contributed by atoms with Gasteiger partial charge in [-0.05, 0) is 37.0 Å². The molecule has 2 heterocycles. The number of aromatic nitrogens is 2. The first kappa shape index (κ1) is 13.5. The Hall–Kier alpha value is -1.20. The summed E-state index contributed by atoms with van der Waals surface area (Å²) in [6.45, 7) is 5.71. The van der Waals surface area contributed by atoms with Crippen molar-refractivity contribution in [1.82, 2.24) is 14.9 Å². The molecular weight excluding hydrogens is 328 g/mol. The Kier molecular flexibility index (Phi) is 3.55. The summed E-state index contributed by atoms with van der Waals surface area (Å²) in [5.41, 5.74) is 1.02. The van der Waals surface area contributed by atoms with Gasteiger partial charge in [-0.3, -0.25) is 4.90 Å². The Balaban J connectivity index is 1.55. The predicted octanol–water partition coefficient (Wildman–Crippen LogP) is 2.92. The smallest absolute Gasteiger partial charge is 0.140 e. The first-order chi connectivity index (χ1) is 10.3. The summed E-state index contributed by atoms with van der Waals surface area (Å²) in [5, 5.41) is 1.14. The molecule has 0 N–H and O–H groups in total. The second-order valence-corrected chi connectivity index (χ2v) is 7.01. The molecule has 0 unspecified atom stereocenters. The summed E-state index contributed by atoms with van der Waals surface area (Å²) in [6, 6.07) is 6.21. The van der Waals surface area contributed by atoms with Crippen LogP contribution in [0.25, 0.3) is 10.9 Å². The van der Waals surface area contributed by atoms with Crippen molar-refractivity contribution in [3.05, 3.63) is 29.0 Å². The second-order valence-electron chi connectivity index (χ2n) is 6.09. The van der Waals surface area contributed by atoms with Crippen LogP contribution in [0, 0.1) is 5.92 Å². The lowest BCUT2D eigenvalue weighted by molar-refractivity contribution is 0.248. The number of fused-ring (bicyclic) bond motifs is 1. The van der Waals surface area contributed by atoms with E-state index >= 15 is 0 Å². The highest BCUT2D eigenvalue weighted by Gasteiger charge is 2.27. The molecule has 2 aliphatic rings. The molecule has 21 heavy (non-hydrogen) atoms. The van der Waals surface area contributed by atoms with Crippen LogP contribution < -0.4 is 4.90 Å². The highest BCUT2D eigenvalue weighted by Crippen LogP contribution is 2.31. The molecule has 2 aromatic rings. The molecule has 1 aromatic heterocycles. The van der Waals surface area contributed by atoms with Gasteiger partial charge in [0.25, 0.3) is 0 Å². The van der Waals surface area contributed by atoms with Crippen LogP contribution in [0.15, 0.2) is 29.0 Å². The van der Waals surface area contributed by atoms with Crippen molar-refractivity contribution in [2.75, 3.05) is 37.6 Å². The quantitative estimate of drug-likeness (QED) is 0.855. The molecule has 0 radical (unpaired) electrons. The summed E-state index contributed by atoms with van der Waals surface area (Å²) in [7, 11) is 0. The van der Waals surface area contributed by atoms with E-state index in [1.807, 2.05) is 12.1 Å². The van der Waals surface area contributed by atoms with Gasteiger partial charge in [0.05, 0.1) is 5.52 Å². The zero-order valence-electron chi connectivity index (χ0n) is 12.0. The van der Waals surface area contributed by atoms with Gasteiger partial charge in [-0.1, -0.05) is 15.9 Å². The van der Waals surface area contributed by atoms with E-state index in [4.69, 9.17) is 0 Å². The zero-order chi connectivity index (χ0) is 14.2. The van der Waals surface area contributed by atoms with Crippen LogP contribution in [0.3, 0.4) is 0 Å². The topological polar surface area (TPSA) is 32.3 Å². The molecule has 1 saturated heterocycles. The fraction of sp³-hybridized carbons (Fsp3) is 0.500. The minimum atomic E-state index is 0.979. The van der Waals surface area contributed by atoms with Gasteiger partial charge in [-0.25, -0.2) is 9.97 Å². The Bertz CT molecular complexity index is 648. The standard InChI is InChI=1S/C16H19BrN4/c17-13-3-4-15-14(9-13)16(19-11-18-15)21-7-5-20(6-8-21)10-12-1-2-12/h3-4,9,11-12H,1-2,5-8,10H2. The molecule has 0 spiro atoms. The lowest BCUT2D eigenvalue weighted by Crippen LogP contribution is -2.47. The van der Waals surface area contributed by atoms with E-state index in [9.17, 15) is 0 Å². The molecule has 4 nitrogen and oxygen atoms in total. The highest BCUT2D eigenvalue weighted by molar-refractivity contribution is 9.10. The summed E-state index contributed by atoms with van der Waals surface area (Å²) in [4.78, 5) is 13.9. The third-order valence-corrected chi connectivity index (χ3v) is 4.95. The van der Waals surface area contributed by atoms with E-state index in [1.54, 1.807) is 6.33 Å². The molecule has 1 saturated carbocycles. The lowest BCUT2D eigenvalue weighted by atomic mass is 10.2. The number of halogens is 1. The molecule has 0 bridgehead atoms. The van der Waals surface area contributed by atoms with Gasteiger partial charge in [-0.2, -0.15) is 0 Å². The zero-order valence-corrected chi connectivity index (χ0v) is 13.6. The Morgan fingerprint density at radius 3 is 2.67 bits per heavy atom. The number of nitrogens with zero attached hydrogens (tertiary/aromatic N) is 4. The Morgan fingerprint density at radius 2 is 1.90 bits per heavy atom. The predicted molar refractivity (Wildman–Crippen MR) is 88.6 cm³/mol. The van der Waals surface area contributed by atoms with Gasteiger partial charge in [-0.15, -0.1) is 0 Å². The molecule has 5 heteroatoms. The first-order valence-corrected chi connectivity index (χ1v) is 8.46. The van der Waals surface area contributed by atoms with Crippen LogP contribution in [-0.2, 0) is 0 Å².